The number of amides is 2. The summed E-state index contributed by atoms with van der Waals surface area (Å²) in [6.45, 7) is 1.29. The Labute approximate surface area is 220 Å². The molecule has 0 N–H and O–H groups in total. The van der Waals surface area contributed by atoms with Crippen molar-refractivity contribution < 1.29 is 18.8 Å². The number of benzene rings is 2. The Bertz CT molecular complexity index is 1390. The molecule has 4 rings (SSSR count). The molecule has 192 valence electrons. The van der Waals surface area contributed by atoms with Crippen molar-refractivity contribution in [2.24, 2.45) is 13.0 Å². The summed E-state index contributed by atoms with van der Waals surface area (Å²) in [6, 6.07) is 11.7. The van der Waals surface area contributed by atoms with Gasteiger partial charge in [0.1, 0.15) is 5.82 Å². The highest BCUT2D eigenvalue weighted by molar-refractivity contribution is 6.45. The van der Waals surface area contributed by atoms with Crippen molar-refractivity contribution in [2.75, 3.05) is 26.7 Å². The molecule has 1 saturated heterocycles. The van der Waals surface area contributed by atoms with Gasteiger partial charge in [-0.15, -0.1) is 0 Å². The molecular formula is C28H28ClFN4O3. The van der Waals surface area contributed by atoms with E-state index in [9.17, 15) is 18.8 Å². The topological polar surface area (TPSA) is 86.4 Å². The molecular weight excluding hydrogens is 495 g/mol. The lowest BCUT2D eigenvalue weighted by atomic mass is 9.90. The number of Topliss-reactive ketones (excluding diaryl/α,β-unsaturated/α-hetero) is 1. The van der Waals surface area contributed by atoms with Gasteiger partial charge in [0.25, 0.3) is 17.6 Å². The van der Waals surface area contributed by atoms with Gasteiger partial charge in [-0.2, -0.15) is 5.26 Å². The Morgan fingerprint density at radius 2 is 1.81 bits per heavy atom. The van der Waals surface area contributed by atoms with Crippen LogP contribution in [0.5, 0.6) is 0 Å². The van der Waals surface area contributed by atoms with E-state index in [2.05, 4.69) is 0 Å². The first-order valence-corrected chi connectivity index (χ1v) is 12.6. The number of nitrogens with zero attached hydrogens (tertiary/aromatic N) is 4. The monoisotopic (exact) mass is 522 g/mol. The fourth-order valence-electron chi connectivity index (χ4n) is 4.82. The van der Waals surface area contributed by atoms with E-state index < -0.39 is 11.7 Å². The summed E-state index contributed by atoms with van der Waals surface area (Å²) in [5.41, 5.74) is 2.19. The van der Waals surface area contributed by atoms with Crippen molar-refractivity contribution in [1.82, 2.24) is 14.4 Å². The molecule has 2 amide bonds. The summed E-state index contributed by atoms with van der Waals surface area (Å²) in [7, 11) is 3.22. The van der Waals surface area contributed by atoms with Crippen molar-refractivity contribution in [3.05, 3.63) is 70.1 Å². The van der Waals surface area contributed by atoms with Gasteiger partial charge in [0, 0.05) is 45.3 Å². The molecule has 0 bridgehead atoms. The highest BCUT2D eigenvalue weighted by atomic mass is 35.5. The minimum absolute atomic E-state index is 0.125. The predicted molar refractivity (Wildman–Crippen MR) is 139 cm³/mol. The Morgan fingerprint density at radius 3 is 2.46 bits per heavy atom. The normalized spacial score (nSPS) is 14.0. The number of likely N-dealkylation sites (tertiary alicyclic amines) is 1. The Kier molecular flexibility index (Phi) is 7.94. The van der Waals surface area contributed by atoms with Crippen molar-refractivity contribution in [3.63, 3.8) is 0 Å². The Morgan fingerprint density at radius 1 is 1.14 bits per heavy atom. The second kappa shape index (κ2) is 11.1. The first kappa shape index (κ1) is 26.4. The van der Waals surface area contributed by atoms with Crippen LogP contribution in [0.25, 0.3) is 10.9 Å². The maximum Gasteiger partial charge on any atom is 0.294 e. The summed E-state index contributed by atoms with van der Waals surface area (Å²) >= 11 is 6.51. The van der Waals surface area contributed by atoms with E-state index in [4.69, 9.17) is 16.9 Å². The molecule has 3 aromatic rings. The molecule has 0 unspecified atom stereocenters. The van der Waals surface area contributed by atoms with Crippen molar-refractivity contribution in [1.29, 1.82) is 5.26 Å². The number of nitriles is 1. The number of hydrogen-bond donors (Lipinski definition) is 0. The summed E-state index contributed by atoms with van der Waals surface area (Å²) in [6.07, 6.45) is 4.17. The zero-order valence-electron chi connectivity index (χ0n) is 20.8. The van der Waals surface area contributed by atoms with E-state index in [1.807, 2.05) is 6.07 Å². The highest BCUT2D eigenvalue weighted by Gasteiger charge is 2.28. The van der Waals surface area contributed by atoms with E-state index in [0.29, 0.717) is 29.9 Å². The van der Waals surface area contributed by atoms with Crippen LogP contribution < -0.4 is 0 Å². The summed E-state index contributed by atoms with van der Waals surface area (Å²) in [5, 5.41) is 9.53. The smallest absolute Gasteiger partial charge is 0.294 e. The standard InChI is InChI=1S/C28H28ClFN4O3/c1-32(11-3-10-31)28(37)26(35)23-17-33(2)25-16-24(29)22(15-21(23)25)27(36)34-12-8-19(9-13-34)14-18-4-6-20(30)7-5-18/h4-7,15-17,19H,3,8-9,11-14H2,1-2H3. The van der Waals surface area contributed by atoms with Crippen molar-refractivity contribution in [3.8, 4) is 6.07 Å². The maximum absolute atomic E-state index is 13.4. The summed E-state index contributed by atoms with van der Waals surface area (Å²) < 4.78 is 14.9. The zero-order valence-corrected chi connectivity index (χ0v) is 21.6. The van der Waals surface area contributed by atoms with Gasteiger partial charge >= 0.3 is 0 Å². The molecule has 0 aliphatic carbocycles. The minimum atomic E-state index is -0.714. The lowest BCUT2D eigenvalue weighted by molar-refractivity contribution is -0.125. The van der Waals surface area contributed by atoms with Crippen LogP contribution in [0.3, 0.4) is 0 Å². The predicted octanol–water partition coefficient (Wildman–Crippen LogP) is 4.62. The van der Waals surface area contributed by atoms with E-state index >= 15 is 0 Å². The van der Waals surface area contributed by atoms with Crippen LogP contribution in [0.15, 0.2) is 42.6 Å². The van der Waals surface area contributed by atoms with Gasteiger partial charge in [0.05, 0.1) is 34.2 Å². The average Bonchev–Trinajstić information content (AvgIpc) is 3.22. The number of carbonyl (C=O) groups excluding carboxylic acids is 3. The number of ketones is 1. The fraction of sp³-hybridized carbons (Fsp3) is 0.357. The van der Waals surface area contributed by atoms with Crippen LogP contribution in [-0.4, -0.2) is 58.6 Å². The van der Waals surface area contributed by atoms with Gasteiger partial charge < -0.3 is 14.4 Å². The molecule has 1 fully saturated rings. The molecule has 9 heteroatoms. The van der Waals surface area contributed by atoms with Crippen LogP contribution in [-0.2, 0) is 18.3 Å². The second-order valence-electron chi connectivity index (χ2n) is 9.53. The molecule has 2 heterocycles. The molecule has 1 aromatic heterocycles. The number of halogens is 2. The van der Waals surface area contributed by atoms with E-state index in [-0.39, 0.29) is 40.8 Å². The third kappa shape index (κ3) is 5.67. The Balaban J connectivity index is 1.51. The highest BCUT2D eigenvalue weighted by Crippen LogP contribution is 2.31. The largest absolute Gasteiger partial charge is 0.350 e. The van der Waals surface area contributed by atoms with Gasteiger partial charge in [0.15, 0.2) is 0 Å². The number of carbonyl (C=O) groups is 3. The van der Waals surface area contributed by atoms with Crippen LogP contribution in [0.1, 0.15) is 45.5 Å². The molecule has 1 aliphatic heterocycles. The third-order valence-electron chi connectivity index (χ3n) is 6.99. The number of aryl methyl sites for hydroxylation is 1. The van der Waals surface area contributed by atoms with Gasteiger partial charge in [0.2, 0.25) is 0 Å². The quantitative estimate of drug-likeness (QED) is 0.334. The molecule has 0 saturated carbocycles. The molecule has 7 nitrogen and oxygen atoms in total. The van der Waals surface area contributed by atoms with E-state index in [0.717, 1.165) is 24.8 Å². The summed E-state index contributed by atoms with van der Waals surface area (Å²) in [5.74, 6) is -1.49. The van der Waals surface area contributed by atoms with Crippen molar-refractivity contribution in [2.45, 2.75) is 25.7 Å². The second-order valence-corrected chi connectivity index (χ2v) is 9.94. The van der Waals surface area contributed by atoms with Crippen LogP contribution in [0, 0.1) is 23.1 Å². The van der Waals surface area contributed by atoms with Gasteiger partial charge in [-0.25, -0.2) is 4.39 Å². The number of rotatable bonds is 7. The van der Waals surface area contributed by atoms with Crippen LogP contribution in [0.4, 0.5) is 4.39 Å². The van der Waals surface area contributed by atoms with Crippen molar-refractivity contribution >= 4 is 40.1 Å². The lowest BCUT2D eigenvalue weighted by Gasteiger charge is -2.32. The third-order valence-corrected chi connectivity index (χ3v) is 7.31. The molecule has 37 heavy (non-hydrogen) atoms. The number of fused-ring (bicyclic) bond motifs is 1. The maximum atomic E-state index is 13.4. The van der Waals surface area contributed by atoms with E-state index in [1.54, 1.807) is 47.0 Å². The number of likely N-dealkylation sites (N-methyl/N-ethyl adjacent to an activating group) is 1. The Hall–Kier alpha value is -3.70. The zero-order chi connectivity index (χ0) is 26.7. The average molecular weight is 523 g/mol. The summed E-state index contributed by atoms with van der Waals surface area (Å²) in [4.78, 5) is 42.1. The van der Waals surface area contributed by atoms with Crippen LogP contribution in [0.2, 0.25) is 5.02 Å². The lowest BCUT2D eigenvalue weighted by Crippen LogP contribution is -2.39. The van der Waals surface area contributed by atoms with Gasteiger partial charge in [-0.3, -0.25) is 14.4 Å². The molecule has 0 atom stereocenters. The molecule has 0 radical (unpaired) electrons. The minimum Gasteiger partial charge on any atom is -0.350 e. The number of piperidine rings is 1. The molecule has 0 spiro atoms. The molecule has 2 aromatic carbocycles. The van der Waals surface area contributed by atoms with Gasteiger partial charge in [-0.1, -0.05) is 23.7 Å². The van der Waals surface area contributed by atoms with E-state index in [1.165, 1.54) is 24.1 Å². The number of hydrogen-bond acceptors (Lipinski definition) is 4. The first-order valence-electron chi connectivity index (χ1n) is 12.2. The fourth-order valence-corrected chi connectivity index (χ4v) is 5.06. The van der Waals surface area contributed by atoms with Gasteiger partial charge in [-0.05, 0) is 55.0 Å². The first-order chi connectivity index (χ1) is 17.7. The number of aromatic nitrogens is 1. The SMILES string of the molecule is CN(CCC#N)C(=O)C(=O)c1cn(C)c2cc(Cl)c(C(=O)N3CCC(Cc4ccc(F)cc4)CC3)cc12. The molecule has 1 aliphatic rings. The van der Waals surface area contributed by atoms with Crippen LogP contribution >= 0.6 is 11.6 Å².